The molecule has 4 aromatic rings. The van der Waals surface area contributed by atoms with E-state index in [1.165, 1.54) is 12.7 Å². The average molecular weight is 505 g/mol. The normalized spacial score (nSPS) is 13.0. The number of methoxy groups -OCH3 is 1. The van der Waals surface area contributed by atoms with E-state index in [-0.39, 0.29) is 5.91 Å². The number of nitrogens with zero attached hydrogens (tertiary/aromatic N) is 2. The summed E-state index contributed by atoms with van der Waals surface area (Å²) in [4.78, 5) is 30.9. The van der Waals surface area contributed by atoms with Crippen molar-refractivity contribution in [3.63, 3.8) is 0 Å². The molecule has 0 N–H and O–H groups in total. The van der Waals surface area contributed by atoms with Crippen LogP contribution in [0, 0.1) is 0 Å². The Hall–Kier alpha value is -4.38. The highest BCUT2D eigenvalue weighted by molar-refractivity contribution is 6.06. The molecule has 0 unspecified atom stereocenters. The fourth-order valence-electron chi connectivity index (χ4n) is 5.30. The van der Waals surface area contributed by atoms with Gasteiger partial charge in [-0.25, -0.2) is 4.79 Å². The van der Waals surface area contributed by atoms with Crippen LogP contribution in [0.25, 0.3) is 0 Å². The molecule has 0 aromatic heterocycles. The van der Waals surface area contributed by atoms with Crippen molar-refractivity contribution in [1.82, 2.24) is 0 Å². The van der Waals surface area contributed by atoms with Crippen LogP contribution >= 0.6 is 0 Å². The van der Waals surface area contributed by atoms with Gasteiger partial charge in [0.05, 0.1) is 24.3 Å². The molecule has 0 fully saturated rings. The third-order valence-corrected chi connectivity index (χ3v) is 7.26. The molecule has 0 aliphatic carbocycles. The van der Waals surface area contributed by atoms with Gasteiger partial charge in [-0.1, -0.05) is 78.9 Å². The number of amides is 1. The maximum Gasteiger partial charge on any atom is 0.340 e. The predicted molar refractivity (Wildman–Crippen MR) is 152 cm³/mol. The van der Waals surface area contributed by atoms with Crippen molar-refractivity contribution in [3.05, 3.63) is 125 Å². The summed E-state index contributed by atoms with van der Waals surface area (Å²) in [6, 6.07) is 33.6. The first-order chi connectivity index (χ1) is 18.6. The number of hydrogen-bond donors (Lipinski definition) is 0. The standard InChI is InChI=1S/C33H32N2O3/c1-34(32(36)31(25-15-5-3-6-16-25)26-17-7-4-8-18-26)30-21-20-27(23-28(30)33(37)38-2)35-22-12-11-14-24-13-9-10-19-29(24)35/h3-10,13,15-21,23,31H,11-12,14,22H2,1-2H3. The zero-order chi connectivity index (χ0) is 26.5. The summed E-state index contributed by atoms with van der Waals surface area (Å²) in [5, 5.41) is 0. The number of benzene rings is 4. The zero-order valence-electron chi connectivity index (χ0n) is 21.8. The molecular weight excluding hydrogens is 472 g/mol. The van der Waals surface area contributed by atoms with E-state index in [4.69, 9.17) is 4.74 Å². The number of rotatable bonds is 6. The number of ether oxygens (including phenoxy) is 1. The number of para-hydroxylation sites is 1. The van der Waals surface area contributed by atoms with Gasteiger partial charge in [0.1, 0.15) is 0 Å². The highest BCUT2D eigenvalue weighted by Crippen LogP contribution is 2.36. The number of fused-ring (bicyclic) bond motifs is 1. The van der Waals surface area contributed by atoms with E-state index in [2.05, 4.69) is 23.1 Å². The molecular formula is C33H32N2O3. The van der Waals surface area contributed by atoms with Crippen molar-refractivity contribution in [3.8, 4) is 0 Å². The van der Waals surface area contributed by atoms with Crippen molar-refractivity contribution in [2.75, 3.05) is 30.5 Å². The molecule has 5 rings (SSSR count). The maximum atomic E-state index is 14.1. The van der Waals surface area contributed by atoms with Gasteiger partial charge in [-0.15, -0.1) is 0 Å². The SMILES string of the molecule is COC(=O)c1cc(N2CCCCc3ccccc32)ccc1N(C)C(=O)C(c1ccccc1)c1ccccc1. The molecule has 4 aromatic carbocycles. The fourth-order valence-corrected chi connectivity index (χ4v) is 5.30. The van der Waals surface area contributed by atoms with Gasteiger partial charge in [0.2, 0.25) is 5.91 Å². The second kappa shape index (κ2) is 11.3. The molecule has 38 heavy (non-hydrogen) atoms. The topological polar surface area (TPSA) is 49.9 Å². The third kappa shape index (κ3) is 5.05. The number of esters is 1. The molecule has 0 saturated heterocycles. The third-order valence-electron chi connectivity index (χ3n) is 7.26. The smallest absolute Gasteiger partial charge is 0.340 e. The van der Waals surface area contributed by atoms with Crippen LogP contribution in [0.1, 0.15) is 45.8 Å². The number of carbonyl (C=O) groups excluding carboxylic acids is 2. The summed E-state index contributed by atoms with van der Waals surface area (Å²) in [5.74, 6) is -1.11. The molecule has 1 aliphatic heterocycles. The van der Waals surface area contributed by atoms with Crippen molar-refractivity contribution < 1.29 is 14.3 Å². The second-order valence-electron chi connectivity index (χ2n) is 9.58. The largest absolute Gasteiger partial charge is 0.465 e. The molecule has 0 atom stereocenters. The maximum absolute atomic E-state index is 14.1. The quantitative estimate of drug-likeness (QED) is 0.273. The van der Waals surface area contributed by atoms with E-state index >= 15 is 0 Å². The summed E-state index contributed by atoms with van der Waals surface area (Å²) in [7, 11) is 3.10. The first kappa shape index (κ1) is 25.3. The molecule has 1 aliphatic rings. The Bertz CT molecular complexity index is 1380. The fraction of sp³-hybridized carbons (Fsp3) is 0.212. The lowest BCUT2D eigenvalue weighted by molar-refractivity contribution is -0.118. The van der Waals surface area contributed by atoms with Gasteiger partial charge in [-0.3, -0.25) is 4.79 Å². The van der Waals surface area contributed by atoms with Crippen LogP contribution in [0.15, 0.2) is 103 Å². The molecule has 5 nitrogen and oxygen atoms in total. The Kier molecular flexibility index (Phi) is 7.55. The lowest BCUT2D eigenvalue weighted by atomic mass is 9.90. The van der Waals surface area contributed by atoms with Gasteiger partial charge in [0, 0.05) is 25.0 Å². The van der Waals surface area contributed by atoms with E-state index in [1.54, 1.807) is 11.9 Å². The molecule has 192 valence electrons. The molecule has 1 amide bonds. The highest BCUT2D eigenvalue weighted by Gasteiger charge is 2.29. The summed E-state index contributed by atoms with van der Waals surface area (Å²) < 4.78 is 5.18. The van der Waals surface area contributed by atoms with Crippen LogP contribution in [-0.2, 0) is 16.0 Å². The first-order valence-corrected chi connectivity index (χ1v) is 13.0. The number of likely N-dealkylation sites (N-methyl/N-ethyl adjacent to an activating group) is 1. The Balaban J connectivity index is 1.55. The van der Waals surface area contributed by atoms with Crippen LogP contribution in [0.4, 0.5) is 17.1 Å². The number of hydrogen-bond acceptors (Lipinski definition) is 4. The molecule has 0 radical (unpaired) electrons. The average Bonchev–Trinajstić information content (AvgIpc) is 3.20. The molecule has 0 saturated carbocycles. The van der Waals surface area contributed by atoms with Crippen LogP contribution in [0.5, 0.6) is 0 Å². The second-order valence-corrected chi connectivity index (χ2v) is 9.58. The van der Waals surface area contributed by atoms with E-state index < -0.39 is 11.9 Å². The summed E-state index contributed by atoms with van der Waals surface area (Å²) in [6.07, 6.45) is 3.21. The summed E-state index contributed by atoms with van der Waals surface area (Å²) in [6.45, 7) is 0.857. The van der Waals surface area contributed by atoms with Crippen molar-refractivity contribution in [1.29, 1.82) is 0 Å². The number of carbonyl (C=O) groups is 2. The molecule has 5 heteroatoms. The first-order valence-electron chi connectivity index (χ1n) is 13.0. The summed E-state index contributed by atoms with van der Waals surface area (Å²) in [5.41, 5.74) is 6.04. The van der Waals surface area contributed by atoms with Crippen LogP contribution in [0.3, 0.4) is 0 Å². The monoisotopic (exact) mass is 504 g/mol. The number of anilines is 3. The van der Waals surface area contributed by atoms with Crippen molar-refractivity contribution >= 4 is 28.9 Å². The Labute approximate surface area is 224 Å². The van der Waals surface area contributed by atoms with Crippen LogP contribution in [0.2, 0.25) is 0 Å². The lowest BCUT2D eigenvalue weighted by Gasteiger charge is -2.29. The minimum atomic E-state index is -0.509. The van der Waals surface area contributed by atoms with E-state index in [1.807, 2.05) is 84.9 Å². The van der Waals surface area contributed by atoms with Crippen LogP contribution in [-0.4, -0.2) is 32.6 Å². The van der Waals surface area contributed by atoms with Crippen molar-refractivity contribution in [2.24, 2.45) is 0 Å². The minimum Gasteiger partial charge on any atom is -0.465 e. The molecule has 0 spiro atoms. The molecule has 1 heterocycles. The minimum absolute atomic E-state index is 0.125. The predicted octanol–water partition coefficient (Wildman–Crippen LogP) is 6.74. The van der Waals surface area contributed by atoms with Gasteiger partial charge in [0.25, 0.3) is 0 Å². The summed E-state index contributed by atoms with van der Waals surface area (Å²) >= 11 is 0. The Morgan fingerprint density at radius 2 is 1.45 bits per heavy atom. The van der Waals surface area contributed by atoms with Gasteiger partial charge >= 0.3 is 5.97 Å². The van der Waals surface area contributed by atoms with Gasteiger partial charge in [-0.05, 0) is 60.2 Å². The van der Waals surface area contributed by atoms with Crippen LogP contribution < -0.4 is 9.80 Å². The lowest BCUT2D eigenvalue weighted by Crippen LogP contribution is -2.33. The van der Waals surface area contributed by atoms with Gasteiger partial charge in [-0.2, -0.15) is 0 Å². The van der Waals surface area contributed by atoms with E-state index in [0.717, 1.165) is 48.3 Å². The Morgan fingerprint density at radius 1 is 0.816 bits per heavy atom. The highest BCUT2D eigenvalue weighted by atomic mass is 16.5. The van der Waals surface area contributed by atoms with Gasteiger partial charge < -0.3 is 14.5 Å². The van der Waals surface area contributed by atoms with E-state index in [0.29, 0.717) is 11.3 Å². The zero-order valence-corrected chi connectivity index (χ0v) is 21.8. The van der Waals surface area contributed by atoms with Gasteiger partial charge in [0.15, 0.2) is 0 Å². The van der Waals surface area contributed by atoms with Crippen molar-refractivity contribution in [2.45, 2.75) is 25.2 Å². The molecule has 0 bridgehead atoms. The number of aryl methyl sites for hydroxylation is 1. The van der Waals surface area contributed by atoms with E-state index in [9.17, 15) is 9.59 Å². The Morgan fingerprint density at radius 3 is 2.11 bits per heavy atom.